The van der Waals surface area contributed by atoms with Gasteiger partial charge in [-0.2, -0.15) is 0 Å². The van der Waals surface area contributed by atoms with E-state index in [1.54, 1.807) is 24.3 Å². The average molecular weight is 295 g/mol. The number of H-pyrrole nitrogens is 1. The molecule has 0 bridgehead atoms. The lowest BCUT2D eigenvalue weighted by Gasteiger charge is -2.06. The maximum absolute atomic E-state index is 12.2. The first-order valence-corrected chi connectivity index (χ1v) is 7.70. The zero-order chi connectivity index (χ0) is 15.1. The van der Waals surface area contributed by atoms with Crippen molar-refractivity contribution in [2.24, 2.45) is 11.8 Å². The van der Waals surface area contributed by atoms with Crippen molar-refractivity contribution < 1.29 is 4.79 Å². The number of anilines is 1. The van der Waals surface area contributed by atoms with E-state index in [1.165, 1.54) is 37.6 Å². The second-order valence-corrected chi connectivity index (χ2v) is 6.15. The van der Waals surface area contributed by atoms with Crippen molar-refractivity contribution in [3.8, 4) is 0 Å². The predicted octanol–water partition coefficient (Wildman–Crippen LogP) is 2.61. The van der Waals surface area contributed by atoms with Crippen LogP contribution in [-0.2, 0) is 4.79 Å². The van der Waals surface area contributed by atoms with Crippen molar-refractivity contribution >= 4 is 22.5 Å². The van der Waals surface area contributed by atoms with Crippen LogP contribution >= 0.6 is 0 Å². The minimum Gasteiger partial charge on any atom is -0.322 e. The summed E-state index contributed by atoms with van der Waals surface area (Å²) in [5.41, 5.74) is 2.36. The maximum Gasteiger partial charge on any atom is 0.258 e. The van der Waals surface area contributed by atoms with Crippen LogP contribution in [0.1, 0.15) is 25.7 Å². The van der Waals surface area contributed by atoms with Crippen LogP contribution in [0.2, 0.25) is 0 Å². The molecule has 5 nitrogen and oxygen atoms in total. The largest absolute Gasteiger partial charge is 0.322 e. The predicted molar refractivity (Wildman–Crippen MR) is 84.5 cm³/mol. The van der Waals surface area contributed by atoms with Crippen molar-refractivity contribution in [1.29, 1.82) is 0 Å². The summed E-state index contributed by atoms with van der Waals surface area (Å²) in [6, 6.07) is 5.18. The molecule has 2 fully saturated rings. The van der Waals surface area contributed by atoms with Gasteiger partial charge < -0.3 is 10.3 Å². The minimum atomic E-state index is -0.201. The lowest BCUT2D eigenvalue weighted by Crippen LogP contribution is -2.11. The van der Waals surface area contributed by atoms with E-state index in [0.717, 1.165) is 0 Å². The molecule has 0 unspecified atom stereocenters. The van der Waals surface area contributed by atoms with Crippen LogP contribution in [0.15, 0.2) is 41.0 Å². The lowest BCUT2D eigenvalue weighted by molar-refractivity contribution is -0.112. The number of carbonyl (C=O) groups excluding carboxylic acids is 1. The fourth-order valence-electron chi connectivity index (χ4n) is 2.88. The second-order valence-electron chi connectivity index (χ2n) is 6.15. The monoisotopic (exact) mass is 295 g/mol. The van der Waals surface area contributed by atoms with Crippen molar-refractivity contribution in [1.82, 2.24) is 9.97 Å². The Morgan fingerprint density at radius 1 is 1.23 bits per heavy atom. The van der Waals surface area contributed by atoms with Crippen LogP contribution in [0.3, 0.4) is 0 Å². The van der Waals surface area contributed by atoms with E-state index >= 15 is 0 Å². The number of nitrogens with one attached hydrogen (secondary N) is 2. The van der Waals surface area contributed by atoms with Crippen molar-refractivity contribution in [2.75, 3.05) is 5.32 Å². The van der Waals surface area contributed by atoms with Gasteiger partial charge >= 0.3 is 0 Å². The molecule has 1 amide bonds. The number of carbonyl (C=O) groups is 1. The van der Waals surface area contributed by atoms with Crippen molar-refractivity contribution in [2.45, 2.75) is 25.7 Å². The molecule has 0 saturated heterocycles. The molecule has 0 spiro atoms. The standard InChI is InChI=1S/C17H17N3O2/c21-16(8-13(10-1-2-10)11-3-4-11)20-12-5-6-15-14(7-12)17(22)19-9-18-15/h5-11H,1-4H2,(H,20,21)(H,18,19,22). The topological polar surface area (TPSA) is 74.8 Å². The molecule has 5 heteroatoms. The van der Waals surface area contributed by atoms with E-state index < -0.39 is 0 Å². The molecule has 2 aliphatic carbocycles. The number of aromatic nitrogens is 2. The SMILES string of the molecule is O=C(C=C(C1CC1)C1CC1)Nc1ccc2nc[nH]c(=O)c2c1. The number of benzene rings is 1. The summed E-state index contributed by atoms with van der Waals surface area (Å²) in [7, 11) is 0. The smallest absolute Gasteiger partial charge is 0.258 e. The molecule has 22 heavy (non-hydrogen) atoms. The zero-order valence-corrected chi connectivity index (χ0v) is 12.1. The van der Waals surface area contributed by atoms with Gasteiger partial charge in [-0.05, 0) is 55.7 Å². The van der Waals surface area contributed by atoms with Gasteiger partial charge in [-0.25, -0.2) is 4.98 Å². The molecule has 2 aromatic rings. The summed E-state index contributed by atoms with van der Waals surface area (Å²) >= 11 is 0. The van der Waals surface area contributed by atoms with E-state index in [4.69, 9.17) is 0 Å². The van der Waals surface area contributed by atoms with Gasteiger partial charge in [-0.1, -0.05) is 5.57 Å². The fraction of sp³-hybridized carbons (Fsp3) is 0.353. The number of fused-ring (bicyclic) bond motifs is 1. The van der Waals surface area contributed by atoms with Crippen molar-refractivity contribution in [3.05, 3.63) is 46.5 Å². The quantitative estimate of drug-likeness (QED) is 0.851. The first-order valence-electron chi connectivity index (χ1n) is 7.70. The van der Waals surface area contributed by atoms with Crippen LogP contribution < -0.4 is 10.9 Å². The third-order valence-electron chi connectivity index (χ3n) is 4.30. The molecule has 0 radical (unpaired) electrons. The van der Waals surface area contributed by atoms with Crippen LogP contribution in [0.5, 0.6) is 0 Å². The van der Waals surface area contributed by atoms with Gasteiger partial charge in [-0.15, -0.1) is 0 Å². The van der Waals surface area contributed by atoms with E-state index in [-0.39, 0.29) is 11.5 Å². The third-order valence-corrected chi connectivity index (χ3v) is 4.30. The van der Waals surface area contributed by atoms with Gasteiger partial charge in [0.2, 0.25) is 5.91 Å². The Morgan fingerprint density at radius 2 is 1.95 bits per heavy atom. The van der Waals surface area contributed by atoms with E-state index in [2.05, 4.69) is 15.3 Å². The Hall–Kier alpha value is -2.43. The summed E-state index contributed by atoms with van der Waals surface area (Å²) in [6.07, 6.45) is 8.01. The van der Waals surface area contributed by atoms with Gasteiger partial charge in [0.15, 0.2) is 0 Å². The van der Waals surface area contributed by atoms with Crippen LogP contribution in [0.25, 0.3) is 10.9 Å². The lowest BCUT2D eigenvalue weighted by atomic mass is 10.1. The molecule has 1 aromatic carbocycles. The van der Waals surface area contributed by atoms with Crippen molar-refractivity contribution in [3.63, 3.8) is 0 Å². The summed E-state index contributed by atoms with van der Waals surface area (Å²) in [5, 5.41) is 3.34. The molecular formula is C17H17N3O2. The Balaban J connectivity index is 1.57. The number of hydrogen-bond donors (Lipinski definition) is 2. The van der Waals surface area contributed by atoms with Gasteiger partial charge in [0.05, 0.1) is 17.2 Å². The molecule has 2 saturated carbocycles. The average Bonchev–Trinajstić information content (AvgIpc) is 3.39. The molecule has 2 N–H and O–H groups in total. The number of nitrogens with zero attached hydrogens (tertiary/aromatic N) is 1. The first kappa shape index (κ1) is 13.2. The number of hydrogen-bond acceptors (Lipinski definition) is 3. The molecule has 2 aliphatic rings. The summed E-state index contributed by atoms with van der Waals surface area (Å²) in [4.78, 5) is 30.6. The van der Waals surface area contributed by atoms with Gasteiger partial charge in [0.25, 0.3) is 5.56 Å². The third kappa shape index (κ3) is 2.66. The van der Waals surface area contributed by atoms with Gasteiger partial charge in [0.1, 0.15) is 0 Å². The normalized spacial score (nSPS) is 17.3. The van der Waals surface area contributed by atoms with Gasteiger partial charge in [-0.3, -0.25) is 9.59 Å². The highest BCUT2D eigenvalue weighted by molar-refractivity contribution is 6.01. The Kier molecular flexibility index (Phi) is 3.06. The van der Waals surface area contributed by atoms with E-state index in [9.17, 15) is 9.59 Å². The highest BCUT2D eigenvalue weighted by atomic mass is 16.1. The molecule has 1 heterocycles. The number of allylic oxidation sites excluding steroid dienone is 1. The Labute approximate surface area is 127 Å². The minimum absolute atomic E-state index is 0.103. The molecule has 1 aromatic heterocycles. The summed E-state index contributed by atoms with van der Waals surface area (Å²) in [5.74, 6) is 1.15. The van der Waals surface area contributed by atoms with Crippen LogP contribution in [0, 0.1) is 11.8 Å². The Morgan fingerprint density at radius 3 is 2.64 bits per heavy atom. The van der Waals surface area contributed by atoms with Crippen LogP contribution in [0.4, 0.5) is 5.69 Å². The number of rotatable bonds is 4. The van der Waals surface area contributed by atoms with Crippen LogP contribution in [-0.4, -0.2) is 15.9 Å². The number of amides is 1. The second kappa shape index (κ2) is 5.09. The molecule has 0 aliphatic heterocycles. The molecule has 0 atom stereocenters. The molecule has 112 valence electrons. The maximum atomic E-state index is 12.2. The fourth-order valence-corrected chi connectivity index (χ4v) is 2.88. The number of aromatic amines is 1. The first-order chi connectivity index (χ1) is 10.7. The highest BCUT2D eigenvalue weighted by Crippen LogP contribution is 2.48. The van der Waals surface area contributed by atoms with E-state index in [0.29, 0.717) is 28.4 Å². The Bertz CT molecular complexity index is 815. The summed E-state index contributed by atoms with van der Waals surface area (Å²) < 4.78 is 0. The zero-order valence-electron chi connectivity index (χ0n) is 12.1. The summed E-state index contributed by atoms with van der Waals surface area (Å²) in [6.45, 7) is 0. The molecule has 4 rings (SSSR count). The molecular weight excluding hydrogens is 278 g/mol. The highest BCUT2D eigenvalue weighted by Gasteiger charge is 2.36. The van der Waals surface area contributed by atoms with Gasteiger partial charge in [0, 0.05) is 11.8 Å². The van der Waals surface area contributed by atoms with E-state index in [1.807, 2.05) is 0 Å².